The molecule has 2 heterocycles. The zero-order valence-corrected chi connectivity index (χ0v) is 30.0. The summed E-state index contributed by atoms with van der Waals surface area (Å²) in [6.07, 6.45) is 3.06. The summed E-state index contributed by atoms with van der Waals surface area (Å²) in [6, 6.07) is 15.6. The fourth-order valence-electron chi connectivity index (χ4n) is 5.70. The number of ether oxygens (including phenoxy) is 6. The predicted octanol–water partition coefficient (Wildman–Crippen LogP) is 8.33. The summed E-state index contributed by atoms with van der Waals surface area (Å²) in [5.41, 5.74) is 1.87. The molecule has 0 spiro atoms. The van der Waals surface area contributed by atoms with Gasteiger partial charge in [-0.05, 0) is 55.2 Å². The predicted molar refractivity (Wildman–Crippen MR) is 182 cm³/mol. The lowest BCUT2D eigenvalue weighted by Crippen LogP contribution is -2.48. The molecule has 0 amide bonds. The van der Waals surface area contributed by atoms with Gasteiger partial charge in [-0.1, -0.05) is 58.0 Å². The minimum absolute atomic E-state index is 0.00201. The van der Waals surface area contributed by atoms with Crippen LogP contribution in [0.25, 0.3) is 0 Å². The summed E-state index contributed by atoms with van der Waals surface area (Å²) in [6.45, 7) is 17.5. The van der Waals surface area contributed by atoms with Crippen LogP contribution in [0.3, 0.4) is 0 Å². The van der Waals surface area contributed by atoms with Crippen molar-refractivity contribution < 1.29 is 37.6 Å². The van der Waals surface area contributed by atoms with Gasteiger partial charge in [0.1, 0.15) is 17.3 Å². The number of methoxy groups -OCH3 is 2. The van der Waals surface area contributed by atoms with Crippen molar-refractivity contribution in [2.75, 3.05) is 20.8 Å². The van der Waals surface area contributed by atoms with Crippen LogP contribution in [-0.4, -0.2) is 59.3 Å². The highest BCUT2D eigenvalue weighted by Crippen LogP contribution is 2.41. The van der Waals surface area contributed by atoms with Gasteiger partial charge in [0, 0.05) is 36.3 Å². The first kappa shape index (κ1) is 36.3. The fourth-order valence-corrected chi connectivity index (χ4v) is 7.11. The Hall–Kier alpha value is -2.53. The molecule has 2 aromatic rings. The molecule has 7 atom stereocenters. The van der Waals surface area contributed by atoms with E-state index in [-0.39, 0.29) is 41.2 Å². The van der Waals surface area contributed by atoms with Crippen LogP contribution in [0.5, 0.6) is 11.5 Å². The Morgan fingerprint density at radius 2 is 1.46 bits per heavy atom. The van der Waals surface area contributed by atoms with E-state index < -0.39 is 20.9 Å². The normalized spacial score (nSPS) is 25.3. The molecule has 2 aliphatic heterocycles. The summed E-state index contributed by atoms with van der Waals surface area (Å²) in [5, 5.41) is -0.00201. The van der Waals surface area contributed by atoms with E-state index in [1.807, 2.05) is 55.5 Å². The van der Waals surface area contributed by atoms with Gasteiger partial charge in [-0.15, -0.1) is 6.58 Å². The summed E-state index contributed by atoms with van der Waals surface area (Å²) in [5.74, 6) is 1.40. The van der Waals surface area contributed by atoms with Gasteiger partial charge in [0.15, 0.2) is 20.9 Å². The first-order chi connectivity index (χ1) is 21.8. The van der Waals surface area contributed by atoms with Crippen LogP contribution >= 0.6 is 0 Å². The molecule has 0 aliphatic carbocycles. The molecule has 9 heteroatoms. The van der Waals surface area contributed by atoms with E-state index in [1.165, 1.54) is 0 Å². The maximum atomic E-state index is 13.2. The van der Waals surface area contributed by atoms with Gasteiger partial charge in [0.25, 0.3) is 0 Å². The molecule has 2 fully saturated rings. The van der Waals surface area contributed by atoms with E-state index in [2.05, 4.69) is 40.4 Å². The second kappa shape index (κ2) is 16.0. The topological polar surface area (TPSA) is 81.7 Å². The SMILES string of the molecule is C=CCC(=O)[C@H](C)[C@@H](C[C@H]1C[C@@H](C[C@@H]2CCO[C@H](c3ccc(OC)cc3)O2)O[C@@H](c2ccc(OC)cc2)O1)O[Si](C)(C)C(C)(C)C. The molecule has 4 rings (SSSR count). The molecule has 8 nitrogen and oxygen atoms in total. The first-order valence-corrected chi connectivity index (χ1v) is 19.4. The van der Waals surface area contributed by atoms with Gasteiger partial charge < -0.3 is 32.8 Å². The van der Waals surface area contributed by atoms with Crippen LogP contribution in [0.4, 0.5) is 0 Å². The Morgan fingerprint density at radius 3 is 2.00 bits per heavy atom. The van der Waals surface area contributed by atoms with Crippen LogP contribution in [0.2, 0.25) is 18.1 Å². The van der Waals surface area contributed by atoms with Gasteiger partial charge in [-0.25, -0.2) is 0 Å². The molecule has 254 valence electrons. The van der Waals surface area contributed by atoms with Gasteiger partial charge in [-0.3, -0.25) is 4.79 Å². The second-order valence-electron chi connectivity index (χ2n) is 14.0. The van der Waals surface area contributed by atoms with Crippen LogP contribution in [0, 0.1) is 5.92 Å². The zero-order valence-electron chi connectivity index (χ0n) is 29.0. The van der Waals surface area contributed by atoms with Crippen molar-refractivity contribution in [1.82, 2.24) is 0 Å². The third-order valence-corrected chi connectivity index (χ3v) is 14.1. The summed E-state index contributed by atoms with van der Waals surface area (Å²) >= 11 is 0. The first-order valence-electron chi connectivity index (χ1n) is 16.5. The van der Waals surface area contributed by atoms with Crippen molar-refractivity contribution >= 4 is 14.1 Å². The summed E-state index contributed by atoms with van der Waals surface area (Å²) < 4.78 is 43.4. The van der Waals surface area contributed by atoms with Crippen LogP contribution < -0.4 is 9.47 Å². The van der Waals surface area contributed by atoms with E-state index in [9.17, 15) is 4.79 Å². The molecule has 0 N–H and O–H groups in total. The lowest BCUT2D eigenvalue weighted by molar-refractivity contribution is -0.269. The molecular formula is C37H54O8Si. The van der Waals surface area contributed by atoms with E-state index in [0.29, 0.717) is 32.3 Å². The minimum atomic E-state index is -2.19. The molecule has 2 aliphatic rings. The molecule has 2 aromatic carbocycles. The van der Waals surface area contributed by atoms with Crippen molar-refractivity contribution in [3.63, 3.8) is 0 Å². The third kappa shape index (κ3) is 9.52. The third-order valence-electron chi connectivity index (χ3n) is 9.64. The molecule has 0 radical (unpaired) electrons. The number of ketones is 1. The number of carbonyl (C=O) groups excluding carboxylic acids is 1. The Morgan fingerprint density at radius 1 is 0.913 bits per heavy atom. The Kier molecular flexibility index (Phi) is 12.7. The highest BCUT2D eigenvalue weighted by molar-refractivity contribution is 6.74. The van der Waals surface area contributed by atoms with Crippen molar-refractivity contribution in [3.8, 4) is 11.5 Å². The largest absolute Gasteiger partial charge is 0.497 e. The summed E-state index contributed by atoms with van der Waals surface area (Å²) in [7, 11) is 1.11. The Bertz CT molecular complexity index is 1260. The molecule has 46 heavy (non-hydrogen) atoms. The highest BCUT2D eigenvalue weighted by atomic mass is 28.4. The van der Waals surface area contributed by atoms with Crippen molar-refractivity contribution in [3.05, 3.63) is 72.3 Å². The monoisotopic (exact) mass is 654 g/mol. The Labute approximate surface area is 276 Å². The number of hydrogen-bond acceptors (Lipinski definition) is 8. The van der Waals surface area contributed by atoms with E-state index >= 15 is 0 Å². The average Bonchev–Trinajstić information content (AvgIpc) is 3.03. The summed E-state index contributed by atoms with van der Waals surface area (Å²) in [4.78, 5) is 13.2. The van der Waals surface area contributed by atoms with Crippen molar-refractivity contribution in [2.45, 2.75) is 115 Å². The lowest BCUT2D eigenvalue weighted by atomic mass is 9.90. The molecular weight excluding hydrogens is 600 g/mol. The van der Waals surface area contributed by atoms with Crippen LogP contribution in [0.15, 0.2) is 61.2 Å². The molecule has 0 bridgehead atoms. The second-order valence-corrected chi connectivity index (χ2v) is 18.8. The van der Waals surface area contributed by atoms with Crippen LogP contribution in [-0.2, 0) is 28.2 Å². The smallest absolute Gasteiger partial charge is 0.192 e. The quantitative estimate of drug-likeness (QED) is 0.149. The average molecular weight is 655 g/mol. The van der Waals surface area contributed by atoms with E-state index in [4.69, 9.17) is 32.8 Å². The molecule has 0 saturated carbocycles. The zero-order chi connectivity index (χ0) is 33.5. The van der Waals surface area contributed by atoms with Crippen molar-refractivity contribution in [2.24, 2.45) is 5.92 Å². The molecule has 2 saturated heterocycles. The van der Waals surface area contributed by atoms with Crippen LogP contribution in [0.1, 0.15) is 83.5 Å². The number of allylic oxidation sites excluding steroid dienone is 1. The molecule has 0 aromatic heterocycles. The standard InChI is InChI=1S/C37H54O8Si/c1-10-11-33(38)25(2)34(45-46(8,9)37(3,4)5)24-32-23-31(43-36(44-32)27-14-18-29(40-7)19-15-27)22-30-20-21-41-35(42-30)26-12-16-28(39-6)17-13-26/h10,12-19,25,30-32,34-36H,1,11,20-24H2,2-9H3/t25-,30-,31+,32+,34+,35-,36+/m0/s1. The number of hydrogen-bond donors (Lipinski definition) is 0. The lowest BCUT2D eigenvalue weighted by Gasteiger charge is -2.43. The van der Waals surface area contributed by atoms with Gasteiger partial charge in [0.05, 0.1) is 45.2 Å². The number of rotatable bonds is 14. The van der Waals surface area contributed by atoms with Gasteiger partial charge in [0.2, 0.25) is 0 Å². The maximum absolute atomic E-state index is 13.2. The number of Topliss-reactive ketones (excluding diaryl/α,β-unsaturated/α-hetero) is 1. The van der Waals surface area contributed by atoms with E-state index in [1.54, 1.807) is 20.3 Å². The van der Waals surface area contributed by atoms with Gasteiger partial charge >= 0.3 is 0 Å². The van der Waals surface area contributed by atoms with E-state index in [0.717, 1.165) is 29.0 Å². The minimum Gasteiger partial charge on any atom is -0.497 e. The highest BCUT2D eigenvalue weighted by Gasteiger charge is 2.43. The maximum Gasteiger partial charge on any atom is 0.192 e. The molecule has 0 unspecified atom stereocenters. The Balaban J connectivity index is 1.55. The van der Waals surface area contributed by atoms with Crippen molar-refractivity contribution in [1.29, 1.82) is 0 Å². The number of carbonyl (C=O) groups is 1. The number of benzene rings is 2. The fraction of sp³-hybridized carbons (Fsp3) is 0.595. The van der Waals surface area contributed by atoms with Gasteiger partial charge in [-0.2, -0.15) is 0 Å².